The summed E-state index contributed by atoms with van der Waals surface area (Å²) in [5.41, 5.74) is 6.87. The van der Waals surface area contributed by atoms with Crippen LogP contribution in [0.2, 0.25) is 0 Å². The molecule has 1 aliphatic rings. The van der Waals surface area contributed by atoms with Crippen molar-refractivity contribution in [1.29, 1.82) is 0 Å². The maximum Gasteiger partial charge on any atom is 0.143 e. The quantitative estimate of drug-likeness (QED) is 0.345. The van der Waals surface area contributed by atoms with Gasteiger partial charge in [0.15, 0.2) is 0 Å². The van der Waals surface area contributed by atoms with E-state index in [-0.39, 0.29) is 5.92 Å². The van der Waals surface area contributed by atoms with Crippen LogP contribution in [0.15, 0.2) is 17.5 Å². The number of hydrogen-bond acceptors (Lipinski definition) is 4. The van der Waals surface area contributed by atoms with E-state index in [1.54, 1.807) is 4.68 Å². The third-order valence-corrected chi connectivity index (χ3v) is 3.20. The van der Waals surface area contributed by atoms with Gasteiger partial charge in [0.05, 0.1) is 6.20 Å². The highest BCUT2D eigenvalue weighted by molar-refractivity contribution is 5.82. The zero-order chi connectivity index (χ0) is 12.3. The second-order valence-electron chi connectivity index (χ2n) is 4.62. The molecule has 2 heterocycles. The average Bonchev–Trinajstić information content (AvgIpc) is 2.74. The molecule has 1 aromatic rings. The maximum atomic E-state index is 8.70. The number of aryl methyl sites for hydroxylation is 1. The number of rotatable bonds is 3. The fourth-order valence-electron chi connectivity index (χ4n) is 2.33. The van der Waals surface area contributed by atoms with Crippen LogP contribution in [0.1, 0.15) is 18.4 Å². The van der Waals surface area contributed by atoms with Gasteiger partial charge in [-0.15, -0.1) is 0 Å². The molecule has 0 radical (unpaired) electrons. The normalized spacial score (nSPS) is 22.9. The van der Waals surface area contributed by atoms with E-state index < -0.39 is 0 Å². The van der Waals surface area contributed by atoms with E-state index >= 15 is 0 Å². The fourth-order valence-corrected chi connectivity index (χ4v) is 2.33. The second-order valence-corrected chi connectivity index (χ2v) is 4.62. The molecule has 6 heteroatoms. The first kappa shape index (κ1) is 11.9. The summed E-state index contributed by atoms with van der Waals surface area (Å²) in [6, 6.07) is 0. The summed E-state index contributed by atoms with van der Waals surface area (Å²) < 4.78 is 1.81. The van der Waals surface area contributed by atoms with Crippen molar-refractivity contribution >= 4 is 5.84 Å². The highest BCUT2D eigenvalue weighted by Crippen LogP contribution is 2.18. The van der Waals surface area contributed by atoms with E-state index in [9.17, 15) is 0 Å². The molecule has 1 fully saturated rings. The van der Waals surface area contributed by atoms with Crippen molar-refractivity contribution in [1.82, 2.24) is 14.7 Å². The van der Waals surface area contributed by atoms with Gasteiger partial charge in [0, 0.05) is 37.8 Å². The summed E-state index contributed by atoms with van der Waals surface area (Å²) >= 11 is 0. The zero-order valence-electron chi connectivity index (χ0n) is 10.1. The van der Waals surface area contributed by atoms with Crippen LogP contribution < -0.4 is 5.73 Å². The Morgan fingerprint density at radius 2 is 2.53 bits per heavy atom. The molecular weight excluding hydrogens is 218 g/mol. The third-order valence-electron chi connectivity index (χ3n) is 3.20. The highest BCUT2D eigenvalue weighted by atomic mass is 16.4. The molecule has 0 bridgehead atoms. The summed E-state index contributed by atoms with van der Waals surface area (Å²) in [6.45, 7) is 2.79. The molecule has 1 unspecified atom stereocenters. The lowest BCUT2D eigenvalue weighted by Crippen LogP contribution is -2.40. The van der Waals surface area contributed by atoms with Crippen LogP contribution in [0.4, 0.5) is 0 Å². The van der Waals surface area contributed by atoms with Gasteiger partial charge in [-0.2, -0.15) is 5.10 Å². The van der Waals surface area contributed by atoms with Crippen LogP contribution in [0.3, 0.4) is 0 Å². The van der Waals surface area contributed by atoms with Gasteiger partial charge in [-0.1, -0.05) is 5.16 Å². The molecule has 17 heavy (non-hydrogen) atoms. The molecule has 1 saturated heterocycles. The van der Waals surface area contributed by atoms with Crippen molar-refractivity contribution in [3.63, 3.8) is 0 Å². The first-order valence-corrected chi connectivity index (χ1v) is 5.86. The first-order chi connectivity index (χ1) is 8.19. The Balaban J connectivity index is 1.93. The van der Waals surface area contributed by atoms with Gasteiger partial charge in [-0.25, -0.2) is 0 Å². The van der Waals surface area contributed by atoms with Gasteiger partial charge in [0.25, 0.3) is 0 Å². The average molecular weight is 237 g/mol. The second kappa shape index (κ2) is 5.18. The topological polar surface area (TPSA) is 79.7 Å². The monoisotopic (exact) mass is 237 g/mol. The number of piperidine rings is 1. The lowest BCUT2D eigenvalue weighted by Gasteiger charge is -2.31. The molecule has 6 nitrogen and oxygen atoms in total. The third kappa shape index (κ3) is 2.97. The summed E-state index contributed by atoms with van der Waals surface area (Å²) in [7, 11) is 1.92. The molecular formula is C11H19N5O. The summed E-state index contributed by atoms with van der Waals surface area (Å²) in [6.07, 6.45) is 5.99. The van der Waals surface area contributed by atoms with Gasteiger partial charge >= 0.3 is 0 Å². The molecule has 0 aliphatic carbocycles. The number of aromatic nitrogens is 2. The SMILES string of the molecule is Cn1cc(CN2CCCC(C(N)=NO)C2)cn1. The van der Waals surface area contributed by atoms with Crippen LogP contribution >= 0.6 is 0 Å². The van der Waals surface area contributed by atoms with E-state index in [0.29, 0.717) is 5.84 Å². The van der Waals surface area contributed by atoms with E-state index in [4.69, 9.17) is 10.9 Å². The van der Waals surface area contributed by atoms with Crippen molar-refractivity contribution < 1.29 is 5.21 Å². The van der Waals surface area contributed by atoms with Crippen LogP contribution in [0.5, 0.6) is 0 Å². The Hall–Kier alpha value is -1.56. The zero-order valence-corrected chi connectivity index (χ0v) is 10.1. The number of oxime groups is 1. The maximum absolute atomic E-state index is 8.70. The summed E-state index contributed by atoms with van der Waals surface area (Å²) in [5.74, 6) is 0.520. The molecule has 94 valence electrons. The van der Waals surface area contributed by atoms with Gasteiger partial charge in [0.1, 0.15) is 5.84 Å². The molecule has 0 aromatic carbocycles. The number of amidine groups is 1. The molecule has 1 atom stereocenters. The Kier molecular flexibility index (Phi) is 3.63. The van der Waals surface area contributed by atoms with E-state index in [1.165, 1.54) is 5.56 Å². The van der Waals surface area contributed by atoms with E-state index in [1.807, 2.05) is 19.4 Å². The number of nitrogens with zero attached hydrogens (tertiary/aromatic N) is 4. The predicted molar refractivity (Wildman–Crippen MR) is 64.6 cm³/mol. The van der Waals surface area contributed by atoms with Crippen LogP contribution in [-0.2, 0) is 13.6 Å². The lowest BCUT2D eigenvalue weighted by molar-refractivity contribution is 0.193. The molecule has 3 N–H and O–H groups in total. The van der Waals surface area contributed by atoms with Crippen LogP contribution in [0.25, 0.3) is 0 Å². The Bertz CT molecular complexity index is 400. The molecule has 1 aliphatic heterocycles. The summed E-state index contributed by atoms with van der Waals surface area (Å²) in [5, 5.41) is 16.0. The molecule has 1 aromatic heterocycles. The Morgan fingerprint density at radius 3 is 3.18 bits per heavy atom. The van der Waals surface area contributed by atoms with Crippen LogP contribution in [0, 0.1) is 5.92 Å². The predicted octanol–water partition coefficient (Wildman–Crippen LogP) is 0.379. The van der Waals surface area contributed by atoms with Gasteiger partial charge < -0.3 is 10.9 Å². The van der Waals surface area contributed by atoms with E-state index in [2.05, 4.69) is 15.2 Å². The molecule has 0 amide bonds. The molecule has 2 rings (SSSR count). The fraction of sp³-hybridized carbons (Fsp3) is 0.636. The van der Waals surface area contributed by atoms with E-state index in [0.717, 1.165) is 32.5 Å². The number of likely N-dealkylation sites (tertiary alicyclic amines) is 1. The highest BCUT2D eigenvalue weighted by Gasteiger charge is 2.23. The smallest absolute Gasteiger partial charge is 0.143 e. The lowest BCUT2D eigenvalue weighted by atomic mass is 9.97. The minimum absolute atomic E-state index is 0.172. The minimum Gasteiger partial charge on any atom is -0.409 e. The Labute approximate surface area is 101 Å². The van der Waals surface area contributed by atoms with Crippen molar-refractivity contribution in [3.8, 4) is 0 Å². The van der Waals surface area contributed by atoms with Crippen molar-refractivity contribution in [2.24, 2.45) is 23.9 Å². The van der Waals surface area contributed by atoms with Gasteiger partial charge in [-0.05, 0) is 19.4 Å². The van der Waals surface area contributed by atoms with Crippen molar-refractivity contribution in [3.05, 3.63) is 18.0 Å². The van der Waals surface area contributed by atoms with Gasteiger partial charge in [0.2, 0.25) is 0 Å². The number of nitrogens with two attached hydrogens (primary N) is 1. The van der Waals surface area contributed by atoms with Crippen molar-refractivity contribution in [2.75, 3.05) is 13.1 Å². The number of hydrogen-bond donors (Lipinski definition) is 2. The summed E-state index contributed by atoms with van der Waals surface area (Å²) in [4.78, 5) is 2.32. The minimum atomic E-state index is 0.172. The largest absolute Gasteiger partial charge is 0.409 e. The van der Waals surface area contributed by atoms with Gasteiger partial charge in [-0.3, -0.25) is 9.58 Å². The first-order valence-electron chi connectivity index (χ1n) is 5.86. The Morgan fingerprint density at radius 1 is 1.71 bits per heavy atom. The van der Waals surface area contributed by atoms with Crippen LogP contribution in [-0.4, -0.2) is 38.8 Å². The van der Waals surface area contributed by atoms with Crippen molar-refractivity contribution in [2.45, 2.75) is 19.4 Å². The molecule has 0 saturated carbocycles. The standard InChI is InChI=1S/C11H19N5O/c1-15-6-9(5-13-15)7-16-4-2-3-10(8-16)11(12)14-17/h5-6,10,17H,2-4,7-8H2,1H3,(H2,12,14). The molecule has 0 spiro atoms.